The van der Waals surface area contributed by atoms with Crippen molar-refractivity contribution < 1.29 is 14.4 Å². The van der Waals surface area contributed by atoms with Gasteiger partial charge in [0.15, 0.2) is 11.5 Å². The molecule has 0 fully saturated rings. The SMILES string of the molecule is COc1ccc(/C=C\[N+](=O)[O-])cc1OCc1ccccc1. The first-order valence-electron chi connectivity index (χ1n) is 6.35. The monoisotopic (exact) mass is 285 g/mol. The first-order valence-corrected chi connectivity index (χ1v) is 6.35. The minimum absolute atomic E-state index is 0.402. The number of methoxy groups -OCH3 is 1. The molecule has 0 saturated heterocycles. The van der Waals surface area contributed by atoms with Crippen LogP contribution < -0.4 is 9.47 Å². The van der Waals surface area contributed by atoms with Crippen molar-refractivity contribution in [1.82, 2.24) is 0 Å². The molecule has 21 heavy (non-hydrogen) atoms. The van der Waals surface area contributed by atoms with Crippen LogP contribution in [0.15, 0.2) is 54.7 Å². The van der Waals surface area contributed by atoms with Crippen LogP contribution in [0.4, 0.5) is 0 Å². The van der Waals surface area contributed by atoms with E-state index in [0.717, 1.165) is 11.8 Å². The summed E-state index contributed by atoms with van der Waals surface area (Å²) in [6, 6.07) is 14.9. The van der Waals surface area contributed by atoms with Gasteiger partial charge in [0.2, 0.25) is 6.20 Å². The Morgan fingerprint density at radius 2 is 1.90 bits per heavy atom. The van der Waals surface area contributed by atoms with Crippen molar-refractivity contribution in [1.29, 1.82) is 0 Å². The lowest BCUT2D eigenvalue weighted by molar-refractivity contribution is -0.400. The summed E-state index contributed by atoms with van der Waals surface area (Å²) in [7, 11) is 1.55. The van der Waals surface area contributed by atoms with Crippen LogP contribution in [-0.2, 0) is 6.61 Å². The van der Waals surface area contributed by atoms with Gasteiger partial charge in [-0.15, -0.1) is 0 Å². The largest absolute Gasteiger partial charge is 0.493 e. The molecular weight excluding hydrogens is 270 g/mol. The molecule has 0 aliphatic carbocycles. The Balaban J connectivity index is 2.16. The number of nitrogens with zero attached hydrogens (tertiary/aromatic N) is 1. The molecule has 0 aliphatic heterocycles. The number of rotatable bonds is 6. The molecule has 5 heteroatoms. The maximum absolute atomic E-state index is 10.4. The number of hydrogen-bond acceptors (Lipinski definition) is 4. The molecule has 0 aromatic heterocycles. The van der Waals surface area contributed by atoms with Crippen molar-refractivity contribution in [3.05, 3.63) is 76.0 Å². The fraction of sp³-hybridized carbons (Fsp3) is 0.125. The lowest BCUT2D eigenvalue weighted by Crippen LogP contribution is -1.98. The molecule has 108 valence electrons. The lowest BCUT2D eigenvalue weighted by atomic mass is 10.2. The summed E-state index contributed by atoms with van der Waals surface area (Å²) in [4.78, 5) is 9.85. The fourth-order valence-corrected chi connectivity index (χ4v) is 1.79. The van der Waals surface area contributed by atoms with Crippen molar-refractivity contribution in [2.75, 3.05) is 7.11 Å². The van der Waals surface area contributed by atoms with Crippen molar-refractivity contribution in [2.24, 2.45) is 0 Å². The number of hydrogen-bond donors (Lipinski definition) is 0. The highest BCUT2D eigenvalue weighted by Gasteiger charge is 2.06. The van der Waals surface area contributed by atoms with E-state index in [9.17, 15) is 10.1 Å². The number of ether oxygens (including phenoxy) is 2. The molecule has 0 radical (unpaired) electrons. The summed E-state index contributed by atoms with van der Waals surface area (Å²) >= 11 is 0. The van der Waals surface area contributed by atoms with E-state index < -0.39 is 4.92 Å². The Morgan fingerprint density at radius 1 is 1.14 bits per heavy atom. The smallest absolute Gasteiger partial charge is 0.235 e. The van der Waals surface area contributed by atoms with Gasteiger partial charge in [-0.05, 0) is 23.3 Å². The summed E-state index contributed by atoms with van der Waals surface area (Å²) in [6.45, 7) is 0.402. The van der Waals surface area contributed by atoms with Gasteiger partial charge in [0.25, 0.3) is 0 Å². The second-order valence-corrected chi connectivity index (χ2v) is 4.29. The van der Waals surface area contributed by atoms with E-state index in [1.165, 1.54) is 6.08 Å². The van der Waals surface area contributed by atoms with Crippen LogP contribution in [0, 0.1) is 10.1 Å². The molecule has 0 saturated carbocycles. The molecule has 0 bridgehead atoms. The molecule has 0 amide bonds. The van der Waals surface area contributed by atoms with E-state index in [4.69, 9.17) is 9.47 Å². The van der Waals surface area contributed by atoms with Gasteiger partial charge in [-0.25, -0.2) is 0 Å². The van der Waals surface area contributed by atoms with Crippen LogP contribution in [-0.4, -0.2) is 12.0 Å². The molecule has 0 spiro atoms. The highest BCUT2D eigenvalue weighted by Crippen LogP contribution is 2.29. The van der Waals surface area contributed by atoms with E-state index >= 15 is 0 Å². The highest BCUT2D eigenvalue weighted by molar-refractivity contribution is 5.55. The van der Waals surface area contributed by atoms with Crippen molar-refractivity contribution >= 4 is 6.08 Å². The third kappa shape index (κ3) is 4.35. The maximum Gasteiger partial charge on any atom is 0.235 e. The maximum atomic E-state index is 10.4. The van der Waals surface area contributed by atoms with Gasteiger partial charge in [0.1, 0.15) is 6.61 Å². The van der Waals surface area contributed by atoms with Crippen molar-refractivity contribution in [3.63, 3.8) is 0 Å². The van der Waals surface area contributed by atoms with Crippen molar-refractivity contribution in [2.45, 2.75) is 6.61 Å². The van der Waals surface area contributed by atoms with Crippen LogP contribution in [0.3, 0.4) is 0 Å². The molecule has 0 N–H and O–H groups in total. The van der Waals surface area contributed by atoms with Gasteiger partial charge in [0.05, 0.1) is 12.0 Å². The fourth-order valence-electron chi connectivity index (χ4n) is 1.79. The zero-order valence-electron chi connectivity index (χ0n) is 11.6. The Morgan fingerprint density at radius 3 is 2.57 bits per heavy atom. The van der Waals surface area contributed by atoms with E-state index in [2.05, 4.69) is 0 Å². The normalized spacial score (nSPS) is 10.5. The van der Waals surface area contributed by atoms with Crippen LogP contribution in [0.5, 0.6) is 11.5 Å². The molecule has 5 nitrogen and oxygen atoms in total. The van der Waals surface area contributed by atoms with Gasteiger partial charge in [0, 0.05) is 6.08 Å². The predicted molar refractivity (Wildman–Crippen MR) is 79.8 cm³/mol. The molecule has 0 aliphatic rings. The van der Waals surface area contributed by atoms with Crippen molar-refractivity contribution in [3.8, 4) is 11.5 Å². The topological polar surface area (TPSA) is 61.6 Å². The van der Waals surface area contributed by atoms with Crippen LogP contribution in [0.25, 0.3) is 6.08 Å². The van der Waals surface area contributed by atoms with Crippen LogP contribution in [0.1, 0.15) is 11.1 Å². The summed E-state index contributed by atoms with van der Waals surface area (Å²) in [5, 5.41) is 10.4. The average molecular weight is 285 g/mol. The summed E-state index contributed by atoms with van der Waals surface area (Å²) < 4.78 is 11.0. The quantitative estimate of drug-likeness (QED) is 0.601. The molecule has 2 aromatic carbocycles. The molecule has 2 aromatic rings. The van der Waals surface area contributed by atoms with E-state index in [-0.39, 0.29) is 0 Å². The molecule has 0 unspecified atom stereocenters. The molecule has 2 rings (SSSR count). The van der Waals surface area contributed by atoms with Crippen LogP contribution >= 0.6 is 0 Å². The third-order valence-corrected chi connectivity index (χ3v) is 2.81. The predicted octanol–water partition coefficient (Wildman–Crippen LogP) is 3.52. The van der Waals surface area contributed by atoms with Crippen LogP contribution in [0.2, 0.25) is 0 Å². The summed E-state index contributed by atoms with van der Waals surface area (Å²) in [6.07, 6.45) is 2.30. The standard InChI is InChI=1S/C16H15NO4/c1-20-15-8-7-13(9-10-17(18)19)11-16(15)21-12-14-5-3-2-4-6-14/h2-11H,12H2,1H3/b10-9-. The zero-order valence-corrected chi connectivity index (χ0v) is 11.6. The second kappa shape index (κ2) is 7.09. The van der Waals surface area contributed by atoms with Gasteiger partial charge in [-0.3, -0.25) is 10.1 Å². The minimum Gasteiger partial charge on any atom is -0.493 e. The Labute approximate surface area is 122 Å². The highest BCUT2D eigenvalue weighted by atomic mass is 16.6. The van der Waals surface area contributed by atoms with Gasteiger partial charge in [-0.1, -0.05) is 36.4 Å². The number of nitro groups is 1. The zero-order chi connectivity index (χ0) is 15.1. The Kier molecular flexibility index (Phi) is 4.93. The summed E-state index contributed by atoms with van der Waals surface area (Å²) in [5.41, 5.74) is 1.71. The summed E-state index contributed by atoms with van der Waals surface area (Å²) in [5.74, 6) is 1.14. The molecular formula is C16H15NO4. The van der Waals surface area contributed by atoms with E-state index in [1.807, 2.05) is 30.3 Å². The van der Waals surface area contributed by atoms with Gasteiger partial charge >= 0.3 is 0 Å². The Hall–Kier alpha value is -2.82. The second-order valence-electron chi connectivity index (χ2n) is 4.29. The van der Waals surface area contributed by atoms with Gasteiger partial charge in [-0.2, -0.15) is 0 Å². The Bertz CT molecular complexity index is 638. The number of benzene rings is 2. The molecule has 0 heterocycles. The molecule has 0 atom stereocenters. The van der Waals surface area contributed by atoms with E-state index in [1.54, 1.807) is 25.3 Å². The first-order chi connectivity index (χ1) is 10.2. The van der Waals surface area contributed by atoms with E-state index in [0.29, 0.717) is 23.7 Å². The minimum atomic E-state index is -0.505. The lowest BCUT2D eigenvalue weighted by Gasteiger charge is -2.11. The average Bonchev–Trinajstić information content (AvgIpc) is 2.52. The first kappa shape index (κ1) is 14.6. The third-order valence-electron chi connectivity index (χ3n) is 2.81. The van der Waals surface area contributed by atoms with Gasteiger partial charge < -0.3 is 9.47 Å².